The second-order valence-corrected chi connectivity index (χ2v) is 5.97. The zero-order valence-corrected chi connectivity index (χ0v) is 13.7. The molecular formula is C16H13ClN2O2S. The summed E-state index contributed by atoms with van der Waals surface area (Å²) in [6.07, 6.45) is 0. The fourth-order valence-corrected chi connectivity index (χ4v) is 3.41. The third-order valence-corrected chi connectivity index (χ3v) is 4.31. The normalized spacial score (nSPS) is 10.9. The van der Waals surface area contributed by atoms with Gasteiger partial charge in [0.2, 0.25) is 0 Å². The van der Waals surface area contributed by atoms with Crippen LogP contribution in [0.2, 0.25) is 5.15 Å². The minimum absolute atomic E-state index is 0.269. The van der Waals surface area contributed by atoms with Crippen LogP contribution < -0.4 is 0 Å². The minimum atomic E-state index is -0.400. The van der Waals surface area contributed by atoms with Gasteiger partial charge in [0.25, 0.3) is 0 Å². The first-order chi connectivity index (χ1) is 10.6. The summed E-state index contributed by atoms with van der Waals surface area (Å²) < 4.78 is 5.03. The number of esters is 1. The lowest BCUT2D eigenvalue weighted by Crippen LogP contribution is -2.04. The zero-order chi connectivity index (χ0) is 15.7. The van der Waals surface area contributed by atoms with E-state index in [1.807, 2.05) is 31.2 Å². The van der Waals surface area contributed by atoms with E-state index in [1.165, 1.54) is 11.3 Å². The van der Waals surface area contributed by atoms with Crippen molar-refractivity contribution in [2.75, 3.05) is 6.61 Å². The molecule has 0 amide bonds. The van der Waals surface area contributed by atoms with Crippen LogP contribution in [0.4, 0.5) is 0 Å². The number of thiophene rings is 1. The average Bonchev–Trinajstić information content (AvgIpc) is 2.92. The molecule has 0 bridgehead atoms. The number of fused-ring (bicyclic) bond motifs is 1. The Labute approximate surface area is 136 Å². The summed E-state index contributed by atoms with van der Waals surface area (Å²) in [5.41, 5.74) is 2.44. The SMILES string of the molecule is CCOC(=O)c1csc2nc(-c3cccc(C)c3)nc(Cl)c12. The fraction of sp³-hybridized carbons (Fsp3) is 0.188. The van der Waals surface area contributed by atoms with Crippen molar-refractivity contribution in [3.05, 3.63) is 45.9 Å². The summed E-state index contributed by atoms with van der Waals surface area (Å²) in [6, 6.07) is 7.89. The van der Waals surface area contributed by atoms with Crippen LogP contribution >= 0.6 is 22.9 Å². The van der Waals surface area contributed by atoms with Gasteiger partial charge < -0.3 is 4.74 Å². The average molecular weight is 333 g/mol. The van der Waals surface area contributed by atoms with E-state index in [0.29, 0.717) is 28.2 Å². The van der Waals surface area contributed by atoms with Gasteiger partial charge in [0.1, 0.15) is 9.98 Å². The van der Waals surface area contributed by atoms with E-state index >= 15 is 0 Å². The van der Waals surface area contributed by atoms with Crippen molar-refractivity contribution >= 4 is 39.1 Å². The molecule has 112 valence electrons. The van der Waals surface area contributed by atoms with Crippen molar-refractivity contribution < 1.29 is 9.53 Å². The van der Waals surface area contributed by atoms with Gasteiger partial charge in [0, 0.05) is 10.9 Å². The lowest BCUT2D eigenvalue weighted by Gasteiger charge is -2.04. The Morgan fingerprint density at radius 1 is 1.36 bits per heavy atom. The Bertz CT molecular complexity index is 860. The molecule has 2 aromatic heterocycles. The molecular weight excluding hydrogens is 320 g/mol. The number of hydrogen-bond acceptors (Lipinski definition) is 5. The lowest BCUT2D eigenvalue weighted by atomic mass is 10.1. The lowest BCUT2D eigenvalue weighted by molar-refractivity contribution is 0.0529. The molecule has 0 atom stereocenters. The number of halogens is 1. The molecule has 3 aromatic rings. The first kappa shape index (κ1) is 14.9. The van der Waals surface area contributed by atoms with Crippen LogP contribution in [0, 0.1) is 6.92 Å². The maximum absolute atomic E-state index is 11.9. The molecule has 0 N–H and O–H groups in total. The third-order valence-electron chi connectivity index (χ3n) is 3.16. The molecule has 0 unspecified atom stereocenters. The maximum Gasteiger partial charge on any atom is 0.339 e. The number of carbonyl (C=O) groups is 1. The molecule has 0 fully saturated rings. The molecule has 6 heteroatoms. The van der Waals surface area contributed by atoms with E-state index in [1.54, 1.807) is 12.3 Å². The third kappa shape index (κ3) is 2.69. The summed E-state index contributed by atoms with van der Waals surface area (Å²) in [6.45, 7) is 4.09. The van der Waals surface area contributed by atoms with Gasteiger partial charge in [0.05, 0.1) is 17.6 Å². The first-order valence-corrected chi connectivity index (χ1v) is 8.04. The second-order valence-electron chi connectivity index (χ2n) is 4.76. The van der Waals surface area contributed by atoms with Crippen LogP contribution in [-0.4, -0.2) is 22.5 Å². The van der Waals surface area contributed by atoms with Gasteiger partial charge in [-0.25, -0.2) is 14.8 Å². The van der Waals surface area contributed by atoms with Gasteiger partial charge in [-0.05, 0) is 19.9 Å². The highest BCUT2D eigenvalue weighted by molar-refractivity contribution is 7.17. The molecule has 22 heavy (non-hydrogen) atoms. The maximum atomic E-state index is 11.9. The number of aromatic nitrogens is 2. The standard InChI is InChI=1S/C16H13ClN2O2S/c1-3-21-16(20)11-8-22-15-12(11)13(17)18-14(19-15)10-6-4-5-9(2)7-10/h4-8H,3H2,1-2H3. The Kier molecular flexibility index (Phi) is 4.09. The zero-order valence-electron chi connectivity index (χ0n) is 12.1. The van der Waals surface area contributed by atoms with Crippen LogP contribution in [0.15, 0.2) is 29.6 Å². The number of aryl methyl sites for hydroxylation is 1. The number of rotatable bonds is 3. The summed E-state index contributed by atoms with van der Waals surface area (Å²) in [4.78, 5) is 21.5. The highest BCUT2D eigenvalue weighted by atomic mass is 35.5. The predicted octanol–water partition coefficient (Wildman–Crippen LogP) is 4.50. The first-order valence-electron chi connectivity index (χ1n) is 6.79. The van der Waals surface area contributed by atoms with E-state index in [0.717, 1.165) is 11.1 Å². The highest BCUT2D eigenvalue weighted by Crippen LogP contribution is 2.32. The van der Waals surface area contributed by atoms with Crippen LogP contribution in [0.25, 0.3) is 21.6 Å². The molecule has 0 spiro atoms. The molecule has 2 heterocycles. The van der Waals surface area contributed by atoms with Gasteiger partial charge in [-0.2, -0.15) is 0 Å². The predicted molar refractivity (Wildman–Crippen MR) is 88.6 cm³/mol. The Hall–Kier alpha value is -1.98. The summed E-state index contributed by atoms with van der Waals surface area (Å²) in [5.74, 6) is 0.154. The van der Waals surface area contributed by atoms with Crippen molar-refractivity contribution in [3.8, 4) is 11.4 Å². The number of ether oxygens (including phenoxy) is 1. The topological polar surface area (TPSA) is 52.1 Å². The molecule has 0 saturated heterocycles. The van der Waals surface area contributed by atoms with Crippen molar-refractivity contribution in [1.29, 1.82) is 0 Å². The Morgan fingerprint density at radius 3 is 2.91 bits per heavy atom. The van der Waals surface area contributed by atoms with Gasteiger partial charge in [0.15, 0.2) is 5.82 Å². The molecule has 0 aliphatic heterocycles. The van der Waals surface area contributed by atoms with Gasteiger partial charge in [-0.3, -0.25) is 0 Å². The molecule has 0 aliphatic carbocycles. The van der Waals surface area contributed by atoms with Crippen molar-refractivity contribution in [2.45, 2.75) is 13.8 Å². The van der Waals surface area contributed by atoms with Gasteiger partial charge >= 0.3 is 5.97 Å². The number of nitrogens with zero attached hydrogens (tertiary/aromatic N) is 2. The largest absolute Gasteiger partial charge is 0.462 e. The van der Waals surface area contributed by atoms with Crippen LogP contribution in [0.5, 0.6) is 0 Å². The molecule has 0 radical (unpaired) electrons. The van der Waals surface area contributed by atoms with Crippen LogP contribution in [0.1, 0.15) is 22.8 Å². The van der Waals surface area contributed by atoms with E-state index in [2.05, 4.69) is 9.97 Å². The molecule has 0 aliphatic rings. The van der Waals surface area contributed by atoms with E-state index in [-0.39, 0.29) is 5.15 Å². The summed E-state index contributed by atoms with van der Waals surface area (Å²) in [5, 5.41) is 2.54. The quantitative estimate of drug-likeness (QED) is 0.523. The molecule has 4 nitrogen and oxygen atoms in total. The molecule has 3 rings (SSSR count). The number of carbonyl (C=O) groups excluding carboxylic acids is 1. The molecule has 0 saturated carbocycles. The van der Waals surface area contributed by atoms with Crippen molar-refractivity contribution in [1.82, 2.24) is 9.97 Å². The van der Waals surface area contributed by atoms with Crippen LogP contribution in [-0.2, 0) is 4.74 Å². The summed E-state index contributed by atoms with van der Waals surface area (Å²) >= 11 is 7.65. The van der Waals surface area contributed by atoms with Gasteiger partial charge in [-0.15, -0.1) is 11.3 Å². The number of hydrogen-bond donors (Lipinski definition) is 0. The fourth-order valence-electron chi connectivity index (χ4n) is 2.17. The van der Waals surface area contributed by atoms with E-state index < -0.39 is 5.97 Å². The number of benzene rings is 1. The van der Waals surface area contributed by atoms with Gasteiger partial charge in [-0.1, -0.05) is 35.4 Å². The van der Waals surface area contributed by atoms with Crippen molar-refractivity contribution in [3.63, 3.8) is 0 Å². The summed E-state index contributed by atoms with van der Waals surface area (Å²) in [7, 11) is 0. The minimum Gasteiger partial charge on any atom is -0.462 e. The molecule has 1 aromatic carbocycles. The monoisotopic (exact) mass is 332 g/mol. The smallest absolute Gasteiger partial charge is 0.339 e. The Morgan fingerprint density at radius 2 is 2.18 bits per heavy atom. The van der Waals surface area contributed by atoms with E-state index in [9.17, 15) is 4.79 Å². The van der Waals surface area contributed by atoms with Crippen molar-refractivity contribution in [2.24, 2.45) is 0 Å². The van der Waals surface area contributed by atoms with E-state index in [4.69, 9.17) is 16.3 Å². The van der Waals surface area contributed by atoms with Crippen LogP contribution in [0.3, 0.4) is 0 Å². The second kappa shape index (κ2) is 6.02. The highest BCUT2D eigenvalue weighted by Gasteiger charge is 2.19. The Balaban J connectivity index is 2.13.